The van der Waals surface area contributed by atoms with Crippen molar-refractivity contribution in [1.29, 1.82) is 0 Å². The Balaban J connectivity index is 1.41. The average Bonchev–Trinajstić information content (AvgIpc) is 3.43. The Morgan fingerprint density at radius 3 is 2.56 bits per heavy atom. The van der Waals surface area contributed by atoms with E-state index in [9.17, 15) is 14.4 Å². The first-order chi connectivity index (χ1) is 20.7. The molecule has 0 bridgehead atoms. The Kier molecular flexibility index (Phi) is 12.5. The summed E-state index contributed by atoms with van der Waals surface area (Å²) in [6, 6.07) is 5.31. The van der Waals surface area contributed by atoms with Gasteiger partial charge >= 0.3 is 0 Å². The number of aromatic nitrogens is 1. The number of nitrogens with one attached hydrogen (secondary N) is 3. The van der Waals surface area contributed by atoms with Crippen molar-refractivity contribution in [2.75, 3.05) is 39.4 Å². The van der Waals surface area contributed by atoms with E-state index in [2.05, 4.69) is 53.4 Å². The molecule has 9 nitrogen and oxygen atoms in total. The van der Waals surface area contributed by atoms with Crippen molar-refractivity contribution < 1.29 is 19.1 Å². The van der Waals surface area contributed by atoms with Crippen LogP contribution in [0.4, 0.5) is 0 Å². The number of fused-ring (bicyclic) bond motifs is 1. The molecule has 0 spiro atoms. The van der Waals surface area contributed by atoms with Crippen LogP contribution in [0.3, 0.4) is 0 Å². The van der Waals surface area contributed by atoms with Crippen LogP contribution in [-0.4, -0.2) is 79.1 Å². The molecule has 43 heavy (non-hydrogen) atoms. The third-order valence-corrected chi connectivity index (χ3v) is 9.70. The van der Waals surface area contributed by atoms with Gasteiger partial charge in [-0.25, -0.2) is 4.98 Å². The lowest BCUT2D eigenvalue weighted by Crippen LogP contribution is -2.55. The Morgan fingerprint density at radius 2 is 1.86 bits per heavy atom. The van der Waals surface area contributed by atoms with Crippen molar-refractivity contribution >= 4 is 39.3 Å². The van der Waals surface area contributed by atoms with Crippen LogP contribution < -0.4 is 16.0 Å². The van der Waals surface area contributed by atoms with Crippen LogP contribution in [0.2, 0.25) is 0 Å². The molecule has 2 aliphatic rings. The first-order valence-electron chi connectivity index (χ1n) is 16.0. The van der Waals surface area contributed by atoms with Gasteiger partial charge in [-0.15, -0.1) is 11.3 Å². The number of hydrogen-bond donors (Lipinski definition) is 3. The summed E-state index contributed by atoms with van der Waals surface area (Å²) in [6.07, 6.45) is 6.60. The van der Waals surface area contributed by atoms with Gasteiger partial charge in [0.15, 0.2) is 0 Å². The molecule has 1 aliphatic carbocycles. The molecule has 1 saturated heterocycles. The van der Waals surface area contributed by atoms with E-state index in [4.69, 9.17) is 9.72 Å². The summed E-state index contributed by atoms with van der Waals surface area (Å²) in [7, 11) is 0. The second-order valence-corrected chi connectivity index (χ2v) is 13.3. The molecule has 2 heterocycles. The van der Waals surface area contributed by atoms with Gasteiger partial charge in [-0.05, 0) is 48.8 Å². The predicted octanol–water partition coefficient (Wildman–Crippen LogP) is 4.32. The maximum Gasteiger partial charge on any atom is 0.246 e. The summed E-state index contributed by atoms with van der Waals surface area (Å²) >= 11 is 1.57. The zero-order valence-corrected chi connectivity index (χ0v) is 26.9. The van der Waals surface area contributed by atoms with E-state index in [1.807, 2.05) is 6.07 Å². The van der Waals surface area contributed by atoms with E-state index < -0.39 is 6.04 Å². The maximum absolute atomic E-state index is 13.8. The number of nitrogens with zero attached hydrogens (tertiary/aromatic N) is 2. The third kappa shape index (κ3) is 9.84. The van der Waals surface area contributed by atoms with Crippen LogP contribution in [-0.2, 0) is 25.5 Å². The molecule has 3 amide bonds. The van der Waals surface area contributed by atoms with Crippen LogP contribution >= 0.6 is 11.3 Å². The quantitative estimate of drug-likeness (QED) is 0.275. The lowest BCUT2D eigenvalue weighted by atomic mass is 9.83. The lowest BCUT2D eigenvalue weighted by molar-refractivity contribution is -0.129. The number of morpholine rings is 1. The summed E-state index contributed by atoms with van der Waals surface area (Å²) in [5.41, 5.74) is 2.70. The molecule has 236 valence electrons. The third-order valence-electron chi connectivity index (χ3n) is 8.66. The SMILES string of the molecule is C=C(CCN1CCOCC1)C(=O)NC[C@@H](NC(=O)[C@H](Cc1nc2ccc(C(C)C)cc2s1)NC(=O)CC)C1CCCCC1. The molecule has 10 heteroatoms. The normalized spacial score (nSPS) is 17.9. The molecule has 1 saturated carbocycles. The Bertz CT molecular complexity index is 1250. The Hall–Kier alpha value is -2.82. The molecular formula is C33H49N5O4S. The van der Waals surface area contributed by atoms with E-state index in [0.29, 0.717) is 30.9 Å². The molecule has 2 aromatic rings. The van der Waals surface area contributed by atoms with Gasteiger partial charge in [0, 0.05) is 50.6 Å². The minimum Gasteiger partial charge on any atom is -0.379 e. The zero-order chi connectivity index (χ0) is 30.8. The van der Waals surface area contributed by atoms with Crippen molar-refractivity contribution in [3.8, 4) is 0 Å². The van der Waals surface area contributed by atoms with Crippen molar-refractivity contribution in [2.45, 2.75) is 90.1 Å². The summed E-state index contributed by atoms with van der Waals surface area (Å²) in [5, 5.41) is 10.0. The average molecular weight is 612 g/mol. The molecule has 3 N–H and O–H groups in total. The number of thiazole rings is 1. The first-order valence-corrected chi connectivity index (χ1v) is 16.8. The molecule has 1 aliphatic heterocycles. The Morgan fingerprint density at radius 1 is 1.12 bits per heavy atom. The van der Waals surface area contributed by atoms with Crippen LogP contribution in [0.1, 0.15) is 82.2 Å². The van der Waals surface area contributed by atoms with Crippen molar-refractivity contribution in [3.05, 3.63) is 40.9 Å². The number of rotatable bonds is 14. The molecule has 4 rings (SSSR count). The lowest BCUT2D eigenvalue weighted by Gasteiger charge is -2.32. The van der Waals surface area contributed by atoms with Crippen LogP contribution in [0.15, 0.2) is 30.4 Å². The first kappa shape index (κ1) is 33.1. The topological polar surface area (TPSA) is 113 Å². The predicted molar refractivity (Wildman–Crippen MR) is 172 cm³/mol. The fourth-order valence-electron chi connectivity index (χ4n) is 5.83. The Labute approximate surface area is 260 Å². The van der Waals surface area contributed by atoms with Gasteiger partial charge in [0.25, 0.3) is 0 Å². The molecular weight excluding hydrogens is 562 g/mol. The van der Waals surface area contributed by atoms with Gasteiger partial charge in [0.1, 0.15) is 6.04 Å². The second-order valence-electron chi connectivity index (χ2n) is 12.2. The molecule has 2 atom stereocenters. The molecule has 0 radical (unpaired) electrons. The fourth-order valence-corrected chi connectivity index (χ4v) is 6.89. The van der Waals surface area contributed by atoms with Crippen molar-refractivity contribution in [1.82, 2.24) is 25.8 Å². The summed E-state index contributed by atoms with van der Waals surface area (Å²) in [4.78, 5) is 46.3. The standard InChI is InChI=1S/C33H49N5O4S/c1-5-30(39)35-27(20-31-36-26-12-11-25(22(2)3)19-29(26)43-31)33(41)37-28(24-9-7-6-8-10-24)21-34-32(40)23(4)13-14-38-15-17-42-18-16-38/h11-12,19,22,24,27-28H,4-10,13-18,20-21H2,1-3H3,(H,34,40)(H,35,39)(H,37,41)/t27-,28+/m0/s1. The molecule has 2 fully saturated rings. The largest absolute Gasteiger partial charge is 0.379 e. The van der Waals surface area contributed by atoms with Gasteiger partial charge in [-0.3, -0.25) is 19.3 Å². The van der Waals surface area contributed by atoms with Gasteiger partial charge in [0.05, 0.1) is 28.4 Å². The summed E-state index contributed by atoms with van der Waals surface area (Å²) < 4.78 is 6.49. The van der Waals surface area contributed by atoms with E-state index in [0.717, 1.165) is 73.8 Å². The van der Waals surface area contributed by atoms with Crippen LogP contribution in [0.25, 0.3) is 10.2 Å². The van der Waals surface area contributed by atoms with Gasteiger partial charge < -0.3 is 20.7 Å². The highest BCUT2D eigenvalue weighted by molar-refractivity contribution is 7.18. The smallest absolute Gasteiger partial charge is 0.246 e. The maximum atomic E-state index is 13.8. The van der Waals surface area contributed by atoms with Crippen molar-refractivity contribution in [3.63, 3.8) is 0 Å². The number of hydrogen-bond acceptors (Lipinski definition) is 7. The highest BCUT2D eigenvalue weighted by atomic mass is 32.1. The van der Waals surface area contributed by atoms with E-state index in [-0.39, 0.29) is 36.1 Å². The van der Waals surface area contributed by atoms with Crippen molar-refractivity contribution in [2.24, 2.45) is 5.92 Å². The molecule has 0 unspecified atom stereocenters. The number of ether oxygens (including phenoxy) is 1. The number of carbonyl (C=O) groups excluding carboxylic acids is 3. The zero-order valence-electron chi connectivity index (χ0n) is 26.1. The number of carbonyl (C=O) groups is 3. The number of amides is 3. The highest BCUT2D eigenvalue weighted by Crippen LogP contribution is 2.28. The summed E-state index contributed by atoms with van der Waals surface area (Å²) in [6.45, 7) is 14.4. The van der Waals surface area contributed by atoms with Crippen LogP contribution in [0, 0.1) is 5.92 Å². The molecule has 1 aromatic heterocycles. The van der Waals surface area contributed by atoms with Gasteiger partial charge in [0.2, 0.25) is 17.7 Å². The molecule has 1 aromatic carbocycles. The van der Waals surface area contributed by atoms with Gasteiger partial charge in [-0.2, -0.15) is 0 Å². The minimum absolute atomic E-state index is 0.172. The highest BCUT2D eigenvalue weighted by Gasteiger charge is 2.30. The second kappa shape index (κ2) is 16.3. The summed E-state index contributed by atoms with van der Waals surface area (Å²) in [5.74, 6) is 0.0900. The van der Waals surface area contributed by atoms with E-state index >= 15 is 0 Å². The van der Waals surface area contributed by atoms with E-state index in [1.54, 1.807) is 18.3 Å². The van der Waals surface area contributed by atoms with Crippen LogP contribution in [0.5, 0.6) is 0 Å². The number of benzene rings is 1. The minimum atomic E-state index is -0.747. The van der Waals surface area contributed by atoms with E-state index in [1.165, 1.54) is 12.0 Å². The fraction of sp³-hybridized carbons (Fsp3) is 0.636. The van der Waals surface area contributed by atoms with Gasteiger partial charge in [-0.1, -0.05) is 52.7 Å². The monoisotopic (exact) mass is 611 g/mol.